The molecule has 4 nitrogen and oxygen atoms in total. The van der Waals surface area contributed by atoms with Crippen LogP contribution in [0.2, 0.25) is 0 Å². The smallest absolute Gasteiger partial charge is 0.304 e. The van der Waals surface area contributed by atoms with E-state index in [9.17, 15) is 9.90 Å². The molecule has 1 aromatic rings. The Balaban J connectivity index is 2.83. The number of nitrogens with two attached hydrogens (primary N) is 1. The Bertz CT molecular complexity index is 325. The third-order valence-corrected chi connectivity index (χ3v) is 2.05. The van der Waals surface area contributed by atoms with Crippen LogP contribution in [0.3, 0.4) is 0 Å². The van der Waals surface area contributed by atoms with E-state index in [1.54, 1.807) is 18.2 Å². The minimum absolute atomic E-state index is 0.0139. The second-order valence-corrected chi connectivity index (χ2v) is 3.13. The van der Waals surface area contributed by atoms with Crippen LogP contribution in [0.1, 0.15) is 17.9 Å². The molecule has 0 amide bonds. The summed E-state index contributed by atoms with van der Waals surface area (Å²) >= 11 is 0. The number of phenols is 1. The molecule has 0 saturated heterocycles. The van der Waals surface area contributed by atoms with E-state index in [1.165, 1.54) is 6.07 Å². The molecule has 4 N–H and O–H groups in total. The highest BCUT2D eigenvalue weighted by atomic mass is 16.4. The molecule has 0 aromatic heterocycles. The molecule has 1 aromatic carbocycles. The quantitative estimate of drug-likeness (QED) is 0.666. The summed E-state index contributed by atoms with van der Waals surface area (Å²) in [6.07, 6.45) is -0.0139. The van der Waals surface area contributed by atoms with Crippen LogP contribution in [0, 0.1) is 0 Å². The van der Waals surface area contributed by atoms with Crippen LogP contribution >= 0.6 is 0 Å². The fourth-order valence-electron chi connectivity index (χ4n) is 1.33. The molecule has 0 spiro atoms. The Hall–Kier alpha value is -1.55. The number of carboxylic acid groups (broad SMARTS) is 1. The molecule has 0 radical (unpaired) electrons. The molecule has 14 heavy (non-hydrogen) atoms. The van der Waals surface area contributed by atoms with Crippen molar-refractivity contribution in [2.75, 3.05) is 6.54 Å². The maximum Gasteiger partial charge on any atom is 0.304 e. The maximum atomic E-state index is 10.5. The van der Waals surface area contributed by atoms with Gasteiger partial charge in [0.25, 0.3) is 0 Å². The summed E-state index contributed by atoms with van der Waals surface area (Å²) in [7, 11) is 0. The molecule has 4 heteroatoms. The van der Waals surface area contributed by atoms with Crippen LogP contribution in [0.4, 0.5) is 0 Å². The standard InChI is InChI=1S/C10H13NO3/c11-6-8(5-10(13)14)7-2-1-3-9(12)4-7/h1-4,8,12H,5-6,11H2,(H,13,14). The molecule has 0 heterocycles. The Kier molecular flexibility index (Phi) is 3.48. The Morgan fingerprint density at radius 1 is 1.50 bits per heavy atom. The first-order valence-corrected chi connectivity index (χ1v) is 4.34. The van der Waals surface area contributed by atoms with Gasteiger partial charge in [-0.2, -0.15) is 0 Å². The van der Waals surface area contributed by atoms with Crippen molar-refractivity contribution < 1.29 is 15.0 Å². The lowest BCUT2D eigenvalue weighted by molar-refractivity contribution is -0.137. The summed E-state index contributed by atoms with van der Waals surface area (Å²) in [4.78, 5) is 10.5. The van der Waals surface area contributed by atoms with Gasteiger partial charge in [-0.25, -0.2) is 0 Å². The predicted octanol–water partition coefficient (Wildman–Crippen LogP) is 0.909. The van der Waals surface area contributed by atoms with E-state index in [0.717, 1.165) is 5.56 Å². The van der Waals surface area contributed by atoms with Gasteiger partial charge < -0.3 is 15.9 Å². The van der Waals surface area contributed by atoms with Gasteiger partial charge in [0.2, 0.25) is 0 Å². The summed E-state index contributed by atoms with van der Waals surface area (Å²) in [5.41, 5.74) is 6.22. The van der Waals surface area contributed by atoms with Crippen LogP contribution in [-0.2, 0) is 4.79 Å². The van der Waals surface area contributed by atoms with E-state index in [1.807, 2.05) is 0 Å². The van der Waals surface area contributed by atoms with Crippen LogP contribution < -0.4 is 5.73 Å². The van der Waals surface area contributed by atoms with Crippen LogP contribution in [0.15, 0.2) is 24.3 Å². The lowest BCUT2D eigenvalue weighted by atomic mass is 9.96. The second-order valence-electron chi connectivity index (χ2n) is 3.13. The third kappa shape index (κ3) is 2.74. The van der Waals surface area contributed by atoms with E-state index in [2.05, 4.69) is 0 Å². The monoisotopic (exact) mass is 195 g/mol. The van der Waals surface area contributed by atoms with Crippen molar-refractivity contribution in [3.63, 3.8) is 0 Å². The number of carbonyl (C=O) groups is 1. The van der Waals surface area contributed by atoms with Crippen molar-refractivity contribution in [1.82, 2.24) is 0 Å². The van der Waals surface area contributed by atoms with Gasteiger partial charge in [-0.05, 0) is 24.2 Å². The molecular formula is C10H13NO3. The fourth-order valence-corrected chi connectivity index (χ4v) is 1.33. The van der Waals surface area contributed by atoms with Gasteiger partial charge in [-0.3, -0.25) is 4.79 Å². The van der Waals surface area contributed by atoms with E-state index in [-0.39, 0.29) is 24.6 Å². The first-order chi connectivity index (χ1) is 6.63. The summed E-state index contributed by atoms with van der Waals surface area (Å²) in [6.45, 7) is 0.260. The summed E-state index contributed by atoms with van der Waals surface area (Å²) in [5, 5.41) is 17.8. The van der Waals surface area contributed by atoms with Crippen molar-refractivity contribution in [2.45, 2.75) is 12.3 Å². The SMILES string of the molecule is NCC(CC(=O)O)c1cccc(O)c1. The number of phenolic OH excluding ortho intramolecular Hbond substituents is 1. The first kappa shape index (κ1) is 10.5. The molecule has 0 saturated carbocycles. The van der Waals surface area contributed by atoms with Gasteiger partial charge in [0.1, 0.15) is 5.75 Å². The molecule has 1 unspecified atom stereocenters. The van der Waals surface area contributed by atoms with Crippen LogP contribution in [-0.4, -0.2) is 22.7 Å². The molecule has 76 valence electrons. The number of aromatic hydroxyl groups is 1. The number of hydrogen-bond donors (Lipinski definition) is 3. The van der Waals surface area contributed by atoms with Gasteiger partial charge >= 0.3 is 5.97 Å². The molecule has 0 aliphatic carbocycles. The van der Waals surface area contributed by atoms with E-state index >= 15 is 0 Å². The topological polar surface area (TPSA) is 83.6 Å². The van der Waals surface area contributed by atoms with Gasteiger partial charge in [-0.1, -0.05) is 12.1 Å². The van der Waals surface area contributed by atoms with Gasteiger partial charge in [-0.15, -0.1) is 0 Å². The zero-order valence-electron chi connectivity index (χ0n) is 7.68. The highest BCUT2D eigenvalue weighted by Gasteiger charge is 2.13. The number of carboxylic acids is 1. The van der Waals surface area contributed by atoms with Crippen LogP contribution in [0.25, 0.3) is 0 Å². The zero-order valence-corrected chi connectivity index (χ0v) is 7.68. The fraction of sp³-hybridized carbons (Fsp3) is 0.300. The predicted molar refractivity (Wildman–Crippen MR) is 52.2 cm³/mol. The third-order valence-electron chi connectivity index (χ3n) is 2.05. The van der Waals surface area contributed by atoms with Gasteiger partial charge in [0.05, 0.1) is 6.42 Å². The number of rotatable bonds is 4. The van der Waals surface area contributed by atoms with E-state index < -0.39 is 5.97 Å². The molecular weight excluding hydrogens is 182 g/mol. The Labute approximate surface area is 82.0 Å². The zero-order chi connectivity index (χ0) is 10.6. The highest BCUT2D eigenvalue weighted by Crippen LogP contribution is 2.21. The van der Waals surface area contributed by atoms with Crippen molar-refractivity contribution >= 4 is 5.97 Å². The van der Waals surface area contributed by atoms with E-state index in [0.29, 0.717) is 0 Å². The minimum atomic E-state index is -0.885. The summed E-state index contributed by atoms with van der Waals surface area (Å²) in [5.74, 6) is -0.991. The largest absolute Gasteiger partial charge is 0.508 e. The average molecular weight is 195 g/mol. The molecule has 1 rings (SSSR count). The number of benzene rings is 1. The molecule has 0 aliphatic heterocycles. The molecule has 0 aliphatic rings. The second kappa shape index (κ2) is 4.62. The van der Waals surface area contributed by atoms with Gasteiger partial charge in [0, 0.05) is 5.92 Å². The van der Waals surface area contributed by atoms with Crippen molar-refractivity contribution in [3.05, 3.63) is 29.8 Å². The van der Waals surface area contributed by atoms with Crippen molar-refractivity contribution in [2.24, 2.45) is 5.73 Å². The summed E-state index contributed by atoms with van der Waals surface area (Å²) in [6, 6.07) is 6.52. The summed E-state index contributed by atoms with van der Waals surface area (Å²) < 4.78 is 0. The maximum absolute atomic E-state index is 10.5. The molecule has 0 bridgehead atoms. The van der Waals surface area contributed by atoms with Crippen molar-refractivity contribution in [3.8, 4) is 5.75 Å². The molecule has 1 atom stereocenters. The molecule has 0 fully saturated rings. The van der Waals surface area contributed by atoms with Gasteiger partial charge in [0.15, 0.2) is 0 Å². The number of aliphatic carboxylic acids is 1. The normalized spacial score (nSPS) is 12.4. The van der Waals surface area contributed by atoms with Crippen molar-refractivity contribution in [1.29, 1.82) is 0 Å². The lowest BCUT2D eigenvalue weighted by Crippen LogP contribution is -2.16. The average Bonchev–Trinajstić information content (AvgIpc) is 2.14. The Morgan fingerprint density at radius 2 is 2.21 bits per heavy atom. The highest BCUT2D eigenvalue weighted by molar-refractivity contribution is 5.68. The van der Waals surface area contributed by atoms with E-state index in [4.69, 9.17) is 10.8 Å². The Morgan fingerprint density at radius 3 is 2.71 bits per heavy atom. The number of hydrogen-bond acceptors (Lipinski definition) is 3. The first-order valence-electron chi connectivity index (χ1n) is 4.34. The van der Waals surface area contributed by atoms with Crippen LogP contribution in [0.5, 0.6) is 5.75 Å². The minimum Gasteiger partial charge on any atom is -0.508 e. The lowest BCUT2D eigenvalue weighted by Gasteiger charge is -2.12.